The number of carbonyl (C=O) groups is 1. The smallest absolute Gasteiger partial charge is 0.355 e. The van der Waals surface area contributed by atoms with Crippen molar-refractivity contribution in [3.05, 3.63) is 59.7 Å². The normalized spacial score (nSPS) is 16.8. The number of hydrogen-bond acceptors (Lipinski definition) is 6. The van der Waals surface area contributed by atoms with Gasteiger partial charge < -0.3 is 9.80 Å². The van der Waals surface area contributed by atoms with Crippen molar-refractivity contribution in [2.45, 2.75) is 32.0 Å². The summed E-state index contributed by atoms with van der Waals surface area (Å²) < 4.78 is 38.5. The lowest BCUT2D eigenvalue weighted by molar-refractivity contribution is -0.137. The Morgan fingerprint density at radius 3 is 2.56 bits per heavy atom. The molecule has 1 fully saturated rings. The fraction of sp³-hybridized carbons (Fsp3) is 0.381. The van der Waals surface area contributed by atoms with Crippen molar-refractivity contribution in [2.24, 2.45) is 0 Å². The van der Waals surface area contributed by atoms with Gasteiger partial charge >= 0.3 is 6.18 Å². The van der Waals surface area contributed by atoms with Crippen LogP contribution in [0.25, 0.3) is 5.82 Å². The van der Waals surface area contributed by atoms with Crippen LogP contribution in [0.4, 0.5) is 19.0 Å². The van der Waals surface area contributed by atoms with Crippen LogP contribution in [-0.4, -0.2) is 61.9 Å². The Hall–Kier alpha value is -3.50. The summed E-state index contributed by atoms with van der Waals surface area (Å²) >= 11 is 0. The number of aromatic nitrogens is 5. The number of likely N-dealkylation sites (tertiary alicyclic amines) is 1. The number of carbonyl (C=O) groups excluding carboxylic acids is 1. The van der Waals surface area contributed by atoms with Crippen LogP contribution in [0.3, 0.4) is 0 Å². The summed E-state index contributed by atoms with van der Waals surface area (Å²) in [5.74, 6) is 0.596. The summed E-state index contributed by atoms with van der Waals surface area (Å²) in [5.41, 5.74) is 0.336. The lowest BCUT2D eigenvalue weighted by Gasteiger charge is -2.38. The molecule has 1 aliphatic rings. The SMILES string of the molecule is Cc1ccc(C(=O)N2CCC[C@@H](N(C)c3ccc(C(F)(F)F)cn3)C2)c(-n2nccn2)n1. The van der Waals surface area contributed by atoms with E-state index in [9.17, 15) is 18.0 Å². The van der Waals surface area contributed by atoms with E-state index in [0.717, 1.165) is 30.8 Å². The van der Waals surface area contributed by atoms with Crippen LogP contribution >= 0.6 is 0 Å². The van der Waals surface area contributed by atoms with E-state index in [0.29, 0.717) is 30.3 Å². The first-order valence-electron chi connectivity index (χ1n) is 10.1. The van der Waals surface area contributed by atoms with Crippen LogP contribution in [0, 0.1) is 6.92 Å². The quantitative estimate of drug-likeness (QED) is 0.614. The summed E-state index contributed by atoms with van der Waals surface area (Å²) in [6, 6.07) is 5.77. The summed E-state index contributed by atoms with van der Waals surface area (Å²) in [7, 11) is 1.78. The third-order valence-corrected chi connectivity index (χ3v) is 5.52. The average molecular weight is 445 g/mol. The molecule has 3 aromatic rings. The topological polar surface area (TPSA) is 80.0 Å². The molecule has 0 N–H and O–H groups in total. The van der Waals surface area contributed by atoms with Gasteiger partial charge in [0.25, 0.3) is 5.91 Å². The molecular formula is C21H22F3N7O. The molecule has 0 radical (unpaired) electrons. The van der Waals surface area contributed by atoms with Gasteiger partial charge in [0.1, 0.15) is 5.82 Å². The van der Waals surface area contributed by atoms with Gasteiger partial charge in [0.05, 0.1) is 23.5 Å². The summed E-state index contributed by atoms with van der Waals surface area (Å²) in [6.07, 6.45) is 0.988. The van der Waals surface area contributed by atoms with Crippen LogP contribution < -0.4 is 4.90 Å². The Balaban J connectivity index is 1.53. The number of aryl methyl sites for hydroxylation is 1. The molecular weight excluding hydrogens is 423 g/mol. The van der Waals surface area contributed by atoms with Crippen LogP contribution in [-0.2, 0) is 6.18 Å². The van der Waals surface area contributed by atoms with Gasteiger partial charge in [-0.15, -0.1) is 4.80 Å². The highest BCUT2D eigenvalue weighted by atomic mass is 19.4. The number of amides is 1. The number of piperidine rings is 1. The molecule has 1 aliphatic heterocycles. The first kappa shape index (κ1) is 21.7. The van der Waals surface area contributed by atoms with Crippen molar-refractivity contribution in [3.63, 3.8) is 0 Å². The number of likely N-dealkylation sites (N-methyl/N-ethyl adjacent to an activating group) is 1. The fourth-order valence-corrected chi connectivity index (χ4v) is 3.76. The first-order valence-corrected chi connectivity index (χ1v) is 10.1. The maximum absolute atomic E-state index is 13.3. The third kappa shape index (κ3) is 4.41. The van der Waals surface area contributed by atoms with Crippen molar-refractivity contribution in [1.82, 2.24) is 29.9 Å². The second-order valence-corrected chi connectivity index (χ2v) is 7.70. The molecule has 32 heavy (non-hydrogen) atoms. The third-order valence-electron chi connectivity index (χ3n) is 5.52. The van der Waals surface area contributed by atoms with E-state index in [4.69, 9.17) is 0 Å². The summed E-state index contributed by atoms with van der Waals surface area (Å²) in [4.78, 5) is 26.6. The summed E-state index contributed by atoms with van der Waals surface area (Å²) in [5, 5.41) is 8.20. The van der Waals surface area contributed by atoms with E-state index in [2.05, 4.69) is 20.2 Å². The molecule has 0 spiro atoms. The molecule has 1 atom stereocenters. The molecule has 11 heteroatoms. The number of nitrogens with zero attached hydrogens (tertiary/aromatic N) is 7. The van der Waals surface area contributed by atoms with Crippen molar-refractivity contribution >= 4 is 11.7 Å². The van der Waals surface area contributed by atoms with E-state index >= 15 is 0 Å². The molecule has 4 heterocycles. The van der Waals surface area contributed by atoms with Gasteiger partial charge in [-0.05, 0) is 44.0 Å². The number of rotatable bonds is 4. The van der Waals surface area contributed by atoms with Gasteiger partial charge in [-0.25, -0.2) is 9.97 Å². The zero-order valence-corrected chi connectivity index (χ0v) is 17.6. The molecule has 3 aromatic heterocycles. The lowest BCUT2D eigenvalue weighted by atomic mass is 10.0. The minimum atomic E-state index is -4.43. The van der Waals surface area contributed by atoms with E-state index < -0.39 is 11.7 Å². The van der Waals surface area contributed by atoms with E-state index in [1.807, 2.05) is 11.8 Å². The van der Waals surface area contributed by atoms with Crippen molar-refractivity contribution < 1.29 is 18.0 Å². The van der Waals surface area contributed by atoms with Crippen molar-refractivity contribution in [2.75, 3.05) is 25.0 Å². The minimum Gasteiger partial charge on any atom is -0.355 e. The molecule has 168 valence electrons. The lowest BCUT2D eigenvalue weighted by Crippen LogP contribution is -2.49. The highest BCUT2D eigenvalue weighted by Gasteiger charge is 2.32. The van der Waals surface area contributed by atoms with Crippen molar-refractivity contribution in [1.29, 1.82) is 0 Å². The van der Waals surface area contributed by atoms with Gasteiger partial charge in [-0.1, -0.05) is 0 Å². The Morgan fingerprint density at radius 2 is 1.91 bits per heavy atom. The molecule has 1 saturated heterocycles. The number of pyridine rings is 2. The molecule has 0 aromatic carbocycles. The highest BCUT2D eigenvalue weighted by Crippen LogP contribution is 2.30. The molecule has 0 bridgehead atoms. The van der Waals surface area contributed by atoms with Crippen LogP contribution in [0.15, 0.2) is 42.9 Å². The van der Waals surface area contributed by atoms with Crippen LogP contribution in [0.2, 0.25) is 0 Å². The second kappa shape index (κ2) is 8.56. The summed E-state index contributed by atoms with van der Waals surface area (Å²) in [6.45, 7) is 2.81. The fourth-order valence-electron chi connectivity index (χ4n) is 3.76. The maximum Gasteiger partial charge on any atom is 0.417 e. The largest absolute Gasteiger partial charge is 0.417 e. The van der Waals surface area contributed by atoms with E-state index in [-0.39, 0.29) is 11.9 Å². The molecule has 0 saturated carbocycles. The molecule has 4 rings (SSSR count). The van der Waals surface area contributed by atoms with E-state index in [1.54, 1.807) is 24.1 Å². The monoisotopic (exact) mass is 445 g/mol. The van der Waals surface area contributed by atoms with Gasteiger partial charge in [-0.2, -0.15) is 23.4 Å². The Labute approximate surface area is 182 Å². The maximum atomic E-state index is 13.3. The predicted octanol–water partition coefficient (Wildman–Crippen LogP) is 3.13. The Bertz CT molecular complexity index is 1080. The second-order valence-electron chi connectivity index (χ2n) is 7.70. The first-order chi connectivity index (χ1) is 15.2. The number of hydrogen-bond donors (Lipinski definition) is 0. The van der Waals surface area contributed by atoms with Crippen molar-refractivity contribution in [3.8, 4) is 5.82 Å². The van der Waals surface area contributed by atoms with E-state index in [1.165, 1.54) is 23.3 Å². The number of anilines is 1. The molecule has 8 nitrogen and oxygen atoms in total. The van der Waals surface area contributed by atoms with Gasteiger partial charge in [0, 0.05) is 38.1 Å². The zero-order chi connectivity index (χ0) is 22.9. The number of alkyl halides is 3. The Morgan fingerprint density at radius 1 is 1.16 bits per heavy atom. The predicted molar refractivity (Wildman–Crippen MR) is 110 cm³/mol. The standard InChI is InChI=1S/C21H22F3N7O/c1-14-5-7-17(19(28-14)31-26-9-10-27-31)20(32)30-11-3-4-16(13-30)29(2)18-8-6-15(12-25-18)21(22,23)24/h5-10,12,16H,3-4,11,13H2,1-2H3/t16-/m1/s1. The number of halogens is 3. The Kier molecular flexibility index (Phi) is 5.81. The molecule has 0 unspecified atom stereocenters. The van der Waals surface area contributed by atoms with Gasteiger partial charge in [0.15, 0.2) is 5.82 Å². The van der Waals surface area contributed by atoms with Crippen LogP contribution in [0.5, 0.6) is 0 Å². The minimum absolute atomic E-state index is 0.0818. The molecule has 0 aliphatic carbocycles. The van der Waals surface area contributed by atoms with Gasteiger partial charge in [0.2, 0.25) is 0 Å². The van der Waals surface area contributed by atoms with Gasteiger partial charge in [-0.3, -0.25) is 4.79 Å². The zero-order valence-electron chi connectivity index (χ0n) is 17.6. The molecule has 1 amide bonds. The average Bonchev–Trinajstić information content (AvgIpc) is 3.32. The highest BCUT2D eigenvalue weighted by molar-refractivity contribution is 5.97. The van der Waals surface area contributed by atoms with Crippen LogP contribution in [0.1, 0.15) is 34.5 Å².